The fraction of sp³-hybridized carbons (Fsp3) is 0.214. The second kappa shape index (κ2) is 6.01. The molecule has 2 aromatic rings. The number of aryl methyl sites for hydroxylation is 1. The predicted molar refractivity (Wildman–Crippen MR) is 75.9 cm³/mol. The van der Waals surface area contributed by atoms with Gasteiger partial charge in [0.15, 0.2) is 5.75 Å². The lowest BCUT2D eigenvalue weighted by Crippen LogP contribution is -2.04. The molecule has 0 saturated heterocycles. The van der Waals surface area contributed by atoms with Gasteiger partial charge in [-0.25, -0.2) is 0 Å². The summed E-state index contributed by atoms with van der Waals surface area (Å²) in [6, 6.07) is 8.76. The molecule has 0 aliphatic carbocycles. The molecule has 6 heteroatoms. The van der Waals surface area contributed by atoms with E-state index in [0.717, 1.165) is 11.3 Å². The van der Waals surface area contributed by atoms with Crippen molar-refractivity contribution >= 4 is 11.4 Å². The minimum atomic E-state index is -0.450. The van der Waals surface area contributed by atoms with Crippen molar-refractivity contribution in [2.24, 2.45) is 0 Å². The first-order chi connectivity index (χ1) is 9.61. The standard InChI is InChI=1S/C14H15N3O3/c1-10-6-7-11(8-15-10)9-16-12-4-3-5-13(20-2)14(12)17(18)19/h3-8,16H,9H2,1-2H3. The fourth-order valence-electron chi connectivity index (χ4n) is 1.82. The van der Waals surface area contributed by atoms with Crippen LogP contribution in [-0.2, 0) is 6.54 Å². The number of aromatic nitrogens is 1. The number of methoxy groups -OCH3 is 1. The number of ether oxygens (including phenoxy) is 1. The molecule has 0 fully saturated rings. The zero-order chi connectivity index (χ0) is 14.5. The van der Waals surface area contributed by atoms with Gasteiger partial charge in [-0.15, -0.1) is 0 Å². The number of hydrogen-bond donors (Lipinski definition) is 1. The molecule has 0 bridgehead atoms. The zero-order valence-corrected chi connectivity index (χ0v) is 11.3. The van der Waals surface area contributed by atoms with E-state index in [0.29, 0.717) is 12.2 Å². The summed E-state index contributed by atoms with van der Waals surface area (Å²) in [7, 11) is 1.41. The number of para-hydroxylation sites is 1. The molecular formula is C14H15N3O3. The smallest absolute Gasteiger partial charge is 0.333 e. The first-order valence-corrected chi connectivity index (χ1v) is 6.08. The van der Waals surface area contributed by atoms with Gasteiger partial charge in [0.25, 0.3) is 0 Å². The summed E-state index contributed by atoms with van der Waals surface area (Å²) < 4.78 is 5.02. The Kier molecular flexibility index (Phi) is 4.14. The molecule has 0 unspecified atom stereocenters. The van der Waals surface area contributed by atoms with Crippen LogP contribution in [0, 0.1) is 17.0 Å². The van der Waals surface area contributed by atoms with Gasteiger partial charge >= 0.3 is 5.69 Å². The summed E-state index contributed by atoms with van der Waals surface area (Å²) in [5.74, 6) is 0.238. The van der Waals surface area contributed by atoms with Gasteiger partial charge in [-0.3, -0.25) is 15.1 Å². The molecule has 2 rings (SSSR count). The third-order valence-corrected chi connectivity index (χ3v) is 2.86. The Bertz CT molecular complexity index is 612. The third-order valence-electron chi connectivity index (χ3n) is 2.86. The molecule has 0 radical (unpaired) electrons. The molecule has 0 saturated carbocycles. The Morgan fingerprint density at radius 2 is 2.15 bits per heavy atom. The van der Waals surface area contributed by atoms with Crippen LogP contribution >= 0.6 is 0 Å². The van der Waals surface area contributed by atoms with Crippen LogP contribution in [-0.4, -0.2) is 17.0 Å². The van der Waals surface area contributed by atoms with E-state index >= 15 is 0 Å². The van der Waals surface area contributed by atoms with Crippen molar-refractivity contribution in [1.29, 1.82) is 0 Å². The van der Waals surface area contributed by atoms with E-state index in [9.17, 15) is 10.1 Å². The first-order valence-electron chi connectivity index (χ1n) is 6.08. The lowest BCUT2D eigenvalue weighted by atomic mass is 10.2. The van der Waals surface area contributed by atoms with E-state index in [1.807, 2.05) is 19.1 Å². The molecule has 0 spiro atoms. The second-order valence-electron chi connectivity index (χ2n) is 4.27. The molecule has 0 aliphatic rings. The molecule has 1 heterocycles. The Morgan fingerprint density at radius 1 is 1.35 bits per heavy atom. The fourth-order valence-corrected chi connectivity index (χ4v) is 1.82. The summed E-state index contributed by atoms with van der Waals surface area (Å²) in [6.07, 6.45) is 1.74. The summed E-state index contributed by atoms with van der Waals surface area (Å²) in [5.41, 5.74) is 2.25. The maximum Gasteiger partial charge on any atom is 0.333 e. The molecule has 6 nitrogen and oxygen atoms in total. The van der Waals surface area contributed by atoms with Crippen molar-refractivity contribution < 1.29 is 9.66 Å². The van der Waals surface area contributed by atoms with E-state index in [1.54, 1.807) is 24.4 Å². The zero-order valence-electron chi connectivity index (χ0n) is 11.3. The van der Waals surface area contributed by atoms with Crippen LogP contribution < -0.4 is 10.1 Å². The van der Waals surface area contributed by atoms with E-state index in [-0.39, 0.29) is 11.4 Å². The maximum absolute atomic E-state index is 11.1. The van der Waals surface area contributed by atoms with Crippen LogP contribution in [0.2, 0.25) is 0 Å². The van der Waals surface area contributed by atoms with Crippen LogP contribution in [0.25, 0.3) is 0 Å². The molecule has 0 atom stereocenters. The number of nitro groups is 1. The Balaban J connectivity index is 2.21. The third kappa shape index (κ3) is 3.03. The highest BCUT2D eigenvalue weighted by atomic mass is 16.6. The summed E-state index contributed by atoms with van der Waals surface area (Å²) >= 11 is 0. The van der Waals surface area contributed by atoms with E-state index in [1.165, 1.54) is 7.11 Å². The van der Waals surface area contributed by atoms with E-state index < -0.39 is 4.92 Å². The van der Waals surface area contributed by atoms with Crippen molar-refractivity contribution in [3.05, 3.63) is 57.9 Å². The Labute approximate surface area is 116 Å². The van der Waals surface area contributed by atoms with E-state index in [2.05, 4.69) is 10.3 Å². The van der Waals surface area contributed by atoms with Gasteiger partial charge in [0.2, 0.25) is 0 Å². The van der Waals surface area contributed by atoms with Gasteiger partial charge in [-0.2, -0.15) is 0 Å². The maximum atomic E-state index is 11.1. The van der Waals surface area contributed by atoms with Gasteiger partial charge in [-0.1, -0.05) is 12.1 Å². The number of benzene rings is 1. The van der Waals surface area contributed by atoms with Crippen molar-refractivity contribution in [2.45, 2.75) is 13.5 Å². The number of nitrogens with zero attached hydrogens (tertiary/aromatic N) is 2. The molecule has 1 aromatic heterocycles. The van der Waals surface area contributed by atoms with Crippen molar-refractivity contribution in [3.63, 3.8) is 0 Å². The predicted octanol–water partition coefficient (Wildman–Crippen LogP) is 2.92. The van der Waals surface area contributed by atoms with Crippen molar-refractivity contribution in [2.75, 3.05) is 12.4 Å². The number of anilines is 1. The molecule has 1 aromatic carbocycles. The van der Waals surface area contributed by atoms with Crippen LogP contribution in [0.3, 0.4) is 0 Å². The van der Waals surface area contributed by atoms with Gasteiger partial charge in [0, 0.05) is 18.4 Å². The minimum absolute atomic E-state index is 0.0601. The molecule has 1 N–H and O–H groups in total. The van der Waals surface area contributed by atoms with Gasteiger partial charge in [0.1, 0.15) is 5.69 Å². The SMILES string of the molecule is COc1cccc(NCc2ccc(C)nc2)c1[N+](=O)[O-]. The van der Waals surface area contributed by atoms with Gasteiger partial charge < -0.3 is 10.1 Å². The quantitative estimate of drug-likeness (QED) is 0.669. The molecule has 20 heavy (non-hydrogen) atoms. The van der Waals surface area contributed by atoms with Gasteiger partial charge in [0.05, 0.1) is 12.0 Å². The van der Waals surface area contributed by atoms with E-state index in [4.69, 9.17) is 4.74 Å². The lowest BCUT2D eigenvalue weighted by Gasteiger charge is -2.09. The highest BCUT2D eigenvalue weighted by Crippen LogP contribution is 2.34. The normalized spacial score (nSPS) is 10.1. The largest absolute Gasteiger partial charge is 0.490 e. The van der Waals surface area contributed by atoms with Crippen molar-refractivity contribution in [1.82, 2.24) is 4.98 Å². The minimum Gasteiger partial charge on any atom is -0.490 e. The topological polar surface area (TPSA) is 77.3 Å². The first kappa shape index (κ1) is 13.8. The average Bonchev–Trinajstić information content (AvgIpc) is 2.46. The molecule has 0 aliphatic heterocycles. The monoisotopic (exact) mass is 273 g/mol. The average molecular weight is 273 g/mol. The number of nitrogens with one attached hydrogen (secondary N) is 1. The van der Waals surface area contributed by atoms with Crippen LogP contribution in [0.4, 0.5) is 11.4 Å². The highest BCUT2D eigenvalue weighted by molar-refractivity contribution is 5.68. The number of hydrogen-bond acceptors (Lipinski definition) is 5. The number of rotatable bonds is 5. The molecule has 0 amide bonds. The number of pyridine rings is 1. The summed E-state index contributed by atoms with van der Waals surface area (Å²) in [5, 5.41) is 14.2. The highest BCUT2D eigenvalue weighted by Gasteiger charge is 2.20. The lowest BCUT2D eigenvalue weighted by molar-refractivity contribution is -0.384. The van der Waals surface area contributed by atoms with Gasteiger partial charge in [-0.05, 0) is 30.7 Å². The summed E-state index contributed by atoms with van der Waals surface area (Å²) in [4.78, 5) is 14.9. The van der Waals surface area contributed by atoms with Crippen LogP contribution in [0.5, 0.6) is 5.75 Å². The van der Waals surface area contributed by atoms with Crippen LogP contribution in [0.1, 0.15) is 11.3 Å². The second-order valence-corrected chi connectivity index (χ2v) is 4.27. The number of nitro benzene ring substituents is 1. The molecular weight excluding hydrogens is 258 g/mol. The molecule has 104 valence electrons. The Morgan fingerprint density at radius 3 is 2.75 bits per heavy atom. The van der Waals surface area contributed by atoms with Crippen molar-refractivity contribution in [3.8, 4) is 5.75 Å². The summed E-state index contributed by atoms with van der Waals surface area (Å²) in [6.45, 7) is 2.37. The Hall–Kier alpha value is -2.63. The van der Waals surface area contributed by atoms with Crippen LogP contribution in [0.15, 0.2) is 36.5 Å².